The van der Waals surface area contributed by atoms with Crippen molar-refractivity contribution in [2.75, 3.05) is 6.61 Å². The van der Waals surface area contributed by atoms with Crippen molar-refractivity contribution in [1.29, 1.82) is 0 Å². The van der Waals surface area contributed by atoms with Gasteiger partial charge in [-0.3, -0.25) is 4.79 Å². The van der Waals surface area contributed by atoms with Gasteiger partial charge in [0.1, 0.15) is 6.61 Å². The SMILES string of the molecule is CC(=O)OCC1CCCC(O)O1. The average Bonchev–Trinajstić information content (AvgIpc) is 2.01. The molecular weight excluding hydrogens is 160 g/mol. The minimum Gasteiger partial charge on any atom is -0.463 e. The fourth-order valence-corrected chi connectivity index (χ4v) is 1.21. The number of rotatable bonds is 2. The fraction of sp³-hybridized carbons (Fsp3) is 0.875. The maximum Gasteiger partial charge on any atom is 0.302 e. The van der Waals surface area contributed by atoms with E-state index >= 15 is 0 Å². The summed E-state index contributed by atoms with van der Waals surface area (Å²) < 4.78 is 9.87. The molecule has 4 heteroatoms. The molecule has 2 atom stereocenters. The van der Waals surface area contributed by atoms with Crippen LogP contribution in [0.3, 0.4) is 0 Å². The largest absolute Gasteiger partial charge is 0.463 e. The molecule has 0 bridgehead atoms. The predicted molar refractivity (Wildman–Crippen MR) is 41.4 cm³/mol. The first kappa shape index (κ1) is 9.48. The average molecular weight is 174 g/mol. The molecule has 0 amide bonds. The van der Waals surface area contributed by atoms with Crippen LogP contribution in [0.2, 0.25) is 0 Å². The summed E-state index contributed by atoms with van der Waals surface area (Å²) in [5, 5.41) is 9.08. The highest BCUT2D eigenvalue weighted by Gasteiger charge is 2.20. The molecule has 70 valence electrons. The smallest absolute Gasteiger partial charge is 0.302 e. The number of carbonyl (C=O) groups excluding carboxylic acids is 1. The van der Waals surface area contributed by atoms with Gasteiger partial charge in [0.05, 0.1) is 6.10 Å². The van der Waals surface area contributed by atoms with Crippen LogP contribution < -0.4 is 0 Å². The van der Waals surface area contributed by atoms with Crippen LogP contribution in [-0.2, 0) is 14.3 Å². The first-order valence-corrected chi connectivity index (χ1v) is 4.15. The summed E-state index contributed by atoms with van der Waals surface area (Å²) in [6.45, 7) is 1.62. The molecule has 1 fully saturated rings. The molecular formula is C8H14O4. The molecule has 1 saturated heterocycles. The molecule has 12 heavy (non-hydrogen) atoms. The normalized spacial score (nSPS) is 29.8. The van der Waals surface area contributed by atoms with Gasteiger partial charge in [0.15, 0.2) is 6.29 Å². The zero-order chi connectivity index (χ0) is 8.97. The number of carbonyl (C=O) groups is 1. The summed E-state index contributed by atoms with van der Waals surface area (Å²) >= 11 is 0. The van der Waals surface area contributed by atoms with Crippen LogP contribution in [0.1, 0.15) is 26.2 Å². The van der Waals surface area contributed by atoms with Gasteiger partial charge in [-0.15, -0.1) is 0 Å². The Balaban J connectivity index is 2.18. The molecule has 0 aromatic carbocycles. The van der Waals surface area contributed by atoms with E-state index in [0.717, 1.165) is 12.8 Å². The van der Waals surface area contributed by atoms with Crippen LogP contribution in [0.25, 0.3) is 0 Å². The molecule has 0 aliphatic carbocycles. The highest BCUT2D eigenvalue weighted by Crippen LogP contribution is 2.17. The number of hydrogen-bond donors (Lipinski definition) is 1. The third kappa shape index (κ3) is 3.19. The number of esters is 1. The van der Waals surface area contributed by atoms with Gasteiger partial charge >= 0.3 is 5.97 Å². The van der Waals surface area contributed by atoms with Gasteiger partial charge in [-0.25, -0.2) is 0 Å². The lowest BCUT2D eigenvalue weighted by Crippen LogP contribution is -2.31. The maximum absolute atomic E-state index is 10.4. The molecule has 1 N–H and O–H groups in total. The van der Waals surface area contributed by atoms with Crippen molar-refractivity contribution in [2.45, 2.75) is 38.6 Å². The van der Waals surface area contributed by atoms with E-state index in [2.05, 4.69) is 0 Å². The lowest BCUT2D eigenvalue weighted by Gasteiger charge is -2.25. The second-order valence-corrected chi connectivity index (χ2v) is 2.95. The van der Waals surface area contributed by atoms with Crippen molar-refractivity contribution in [3.05, 3.63) is 0 Å². The van der Waals surface area contributed by atoms with E-state index in [-0.39, 0.29) is 18.7 Å². The predicted octanol–water partition coefficient (Wildman–Crippen LogP) is 0.437. The molecule has 0 saturated carbocycles. The Hall–Kier alpha value is -0.610. The van der Waals surface area contributed by atoms with Gasteiger partial charge in [-0.2, -0.15) is 0 Å². The summed E-state index contributed by atoms with van der Waals surface area (Å²) in [5.74, 6) is -0.307. The number of aliphatic hydroxyl groups is 1. The van der Waals surface area contributed by atoms with Crippen molar-refractivity contribution in [2.24, 2.45) is 0 Å². The molecule has 2 unspecified atom stereocenters. The summed E-state index contributed by atoms with van der Waals surface area (Å²) in [6.07, 6.45) is 1.64. The molecule has 0 aromatic rings. The molecule has 1 aliphatic heterocycles. The Labute approximate surface area is 71.5 Å². The van der Waals surface area contributed by atoms with Gasteiger partial charge in [-0.05, 0) is 19.3 Å². The third-order valence-electron chi connectivity index (χ3n) is 1.80. The molecule has 1 heterocycles. The van der Waals surface area contributed by atoms with Crippen molar-refractivity contribution in [3.8, 4) is 0 Å². The summed E-state index contributed by atoms with van der Waals surface area (Å²) in [5.41, 5.74) is 0. The summed E-state index contributed by atoms with van der Waals surface area (Å²) in [6, 6.07) is 0. The summed E-state index contributed by atoms with van der Waals surface area (Å²) in [4.78, 5) is 10.4. The van der Waals surface area contributed by atoms with Crippen LogP contribution in [0.15, 0.2) is 0 Å². The van der Waals surface area contributed by atoms with E-state index in [9.17, 15) is 4.79 Å². The summed E-state index contributed by atoms with van der Waals surface area (Å²) in [7, 11) is 0. The lowest BCUT2D eigenvalue weighted by molar-refractivity contribution is -0.182. The van der Waals surface area contributed by atoms with E-state index in [0.29, 0.717) is 6.42 Å². The van der Waals surface area contributed by atoms with Gasteiger partial charge < -0.3 is 14.6 Å². The van der Waals surface area contributed by atoms with Gasteiger partial charge in [0.25, 0.3) is 0 Å². The van der Waals surface area contributed by atoms with Crippen LogP contribution in [0, 0.1) is 0 Å². The minimum atomic E-state index is -0.681. The number of ether oxygens (including phenoxy) is 2. The molecule has 4 nitrogen and oxygen atoms in total. The zero-order valence-electron chi connectivity index (χ0n) is 7.16. The highest BCUT2D eigenvalue weighted by atomic mass is 16.6. The van der Waals surface area contributed by atoms with Crippen LogP contribution in [0.4, 0.5) is 0 Å². The molecule has 0 radical (unpaired) electrons. The second kappa shape index (κ2) is 4.42. The third-order valence-corrected chi connectivity index (χ3v) is 1.80. The van der Waals surface area contributed by atoms with E-state index < -0.39 is 6.29 Å². The Kier molecular flexibility index (Phi) is 3.49. The Morgan fingerprint density at radius 1 is 1.67 bits per heavy atom. The number of aliphatic hydroxyl groups excluding tert-OH is 1. The molecule has 0 aromatic heterocycles. The quantitative estimate of drug-likeness (QED) is 0.617. The van der Waals surface area contributed by atoms with Crippen molar-refractivity contribution in [1.82, 2.24) is 0 Å². The van der Waals surface area contributed by atoms with E-state index in [1.807, 2.05) is 0 Å². The Morgan fingerprint density at radius 2 is 2.42 bits per heavy atom. The second-order valence-electron chi connectivity index (χ2n) is 2.95. The molecule has 0 spiro atoms. The first-order chi connectivity index (χ1) is 5.68. The highest BCUT2D eigenvalue weighted by molar-refractivity contribution is 5.65. The minimum absolute atomic E-state index is 0.127. The zero-order valence-corrected chi connectivity index (χ0v) is 7.16. The van der Waals surface area contributed by atoms with Gasteiger partial charge in [0, 0.05) is 6.92 Å². The Bertz CT molecular complexity index is 157. The van der Waals surface area contributed by atoms with Crippen LogP contribution >= 0.6 is 0 Å². The van der Waals surface area contributed by atoms with E-state index in [4.69, 9.17) is 14.6 Å². The van der Waals surface area contributed by atoms with Crippen molar-refractivity contribution in [3.63, 3.8) is 0 Å². The molecule has 1 rings (SSSR count). The molecule has 1 aliphatic rings. The maximum atomic E-state index is 10.4. The van der Waals surface area contributed by atoms with E-state index in [1.165, 1.54) is 6.92 Å². The van der Waals surface area contributed by atoms with Crippen LogP contribution in [-0.4, -0.2) is 30.1 Å². The lowest BCUT2D eigenvalue weighted by atomic mass is 10.1. The fourth-order valence-electron chi connectivity index (χ4n) is 1.21. The Morgan fingerprint density at radius 3 is 3.00 bits per heavy atom. The van der Waals surface area contributed by atoms with Crippen LogP contribution in [0.5, 0.6) is 0 Å². The standard InChI is InChI=1S/C8H14O4/c1-6(9)11-5-7-3-2-4-8(10)12-7/h7-8,10H,2-5H2,1H3. The van der Waals surface area contributed by atoms with Crippen molar-refractivity contribution >= 4 is 5.97 Å². The van der Waals surface area contributed by atoms with Gasteiger partial charge in [-0.1, -0.05) is 0 Å². The topological polar surface area (TPSA) is 55.8 Å². The number of hydrogen-bond acceptors (Lipinski definition) is 4. The van der Waals surface area contributed by atoms with Gasteiger partial charge in [0.2, 0.25) is 0 Å². The monoisotopic (exact) mass is 174 g/mol. The first-order valence-electron chi connectivity index (χ1n) is 4.15. The van der Waals surface area contributed by atoms with Crippen molar-refractivity contribution < 1.29 is 19.4 Å². The van der Waals surface area contributed by atoms with E-state index in [1.54, 1.807) is 0 Å².